The Morgan fingerprint density at radius 3 is 2.45 bits per heavy atom. The van der Waals surface area contributed by atoms with Crippen LogP contribution < -0.4 is 4.74 Å². The van der Waals surface area contributed by atoms with Crippen molar-refractivity contribution >= 4 is 16.0 Å². The highest BCUT2D eigenvalue weighted by Gasteiger charge is 2.24. The second-order valence-electron chi connectivity index (χ2n) is 7.39. The van der Waals surface area contributed by atoms with Crippen LogP contribution in [0.3, 0.4) is 0 Å². The SMILES string of the molecule is Cc1cc(S(=O)(=O)N(C)Cc2ccc(OC(C(=O)O)c3cccc(C#N)c3)cc2)ccc1F. The Bertz CT molecular complexity index is 1320. The van der Waals surface area contributed by atoms with E-state index in [1.165, 1.54) is 32.2 Å². The second-order valence-corrected chi connectivity index (χ2v) is 9.43. The number of hydrogen-bond donors (Lipinski definition) is 1. The van der Waals surface area contributed by atoms with Crippen molar-refractivity contribution in [3.05, 3.63) is 94.8 Å². The van der Waals surface area contributed by atoms with Crippen LogP contribution in [0.1, 0.15) is 28.4 Å². The van der Waals surface area contributed by atoms with E-state index < -0.39 is 27.9 Å². The van der Waals surface area contributed by atoms with Crippen LogP contribution in [0.2, 0.25) is 0 Å². The number of carboxylic acids is 1. The van der Waals surface area contributed by atoms with Crippen molar-refractivity contribution in [2.24, 2.45) is 0 Å². The molecule has 0 radical (unpaired) electrons. The lowest BCUT2D eigenvalue weighted by Crippen LogP contribution is -2.26. The van der Waals surface area contributed by atoms with Gasteiger partial charge >= 0.3 is 5.97 Å². The molecule has 0 amide bonds. The van der Waals surface area contributed by atoms with Crippen LogP contribution in [0.25, 0.3) is 0 Å². The van der Waals surface area contributed by atoms with Crippen molar-refractivity contribution in [1.29, 1.82) is 5.26 Å². The number of aryl methyl sites for hydroxylation is 1. The first kappa shape index (κ1) is 23.9. The van der Waals surface area contributed by atoms with E-state index in [4.69, 9.17) is 10.00 Å². The molecule has 170 valence electrons. The summed E-state index contributed by atoms with van der Waals surface area (Å²) in [6, 6.07) is 18.1. The molecule has 3 aromatic rings. The Balaban J connectivity index is 1.74. The number of halogens is 1. The highest BCUT2D eigenvalue weighted by atomic mass is 32.2. The molecule has 0 saturated heterocycles. The van der Waals surface area contributed by atoms with Gasteiger partial charge in [0.25, 0.3) is 0 Å². The lowest BCUT2D eigenvalue weighted by atomic mass is 10.1. The number of carbonyl (C=O) groups is 1. The van der Waals surface area contributed by atoms with E-state index >= 15 is 0 Å². The number of nitriles is 1. The van der Waals surface area contributed by atoms with Gasteiger partial charge in [-0.3, -0.25) is 0 Å². The molecule has 7 nitrogen and oxygen atoms in total. The van der Waals surface area contributed by atoms with Crippen molar-refractivity contribution < 1.29 is 27.4 Å². The summed E-state index contributed by atoms with van der Waals surface area (Å²) < 4.78 is 45.8. The number of carboxylic acid groups (broad SMARTS) is 1. The Hall–Kier alpha value is -3.74. The van der Waals surface area contributed by atoms with Crippen LogP contribution in [0, 0.1) is 24.1 Å². The summed E-state index contributed by atoms with van der Waals surface area (Å²) in [6.07, 6.45) is -1.31. The van der Waals surface area contributed by atoms with Gasteiger partial charge in [0, 0.05) is 19.2 Å². The van der Waals surface area contributed by atoms with Gasteiger partial charge in [0.15, 0.2) is 0 Å². The maximum atomic E-state index is 13.5. The third-order valence-corrected chi connectivity index (χ3v) is 6.76. The molecule has 33 heavy (non-hydrogen) atoms. The van der Waals surface area contributed by atoms with Crippen LogP contribution in [0.15, 0.2) is 71.6 Å². The number of benzene rings is 3. The fraction of sp³-hybridized carbons (Fsp3) is 0.167. The molecule has 0 aromatic heterocycles. The van der Waals surface area contributed by atoms with Gasteiger partial charge in [0.05, 0.1) is 16.5 Å². The van der Waals surface area contributed by atoms with Crippen molar-refractivity contribution in [2.75, 3.05) is 7.05 Å². The van der Waals surface area contributed by atoms with Crippen LogP contribution in [-0.2, 0) is 21.4 Å². The fourth-order valence-electron chi connectivity index (χ4n) is 3.14. The predicted octanol–water partition coefficient (Wildman–Crippen LogP) is 4.03. The monoisotopic (exact) mass is 468 g/mol. The fourth-order valence-corrected chi connectivity index (χ4v) is 4.39. The van der Waals surface area contributed by atoms with Crippen LogP contribution >= 0.6 is 0 Å². The molecule has 0 spiro atoms. The molecular formula is C24H21FN2O5S. The zero-order valence-corrected chi connectivity index (χ0v) is 18.7. The lowest BCUT2D eigenvalue weighted by Gasteiger charge is -2.19. The van der Waals surface area contributed by atoms with Gasteiger partial charge in [0.2, 0.25) is 16.1 Å². The maximum Gasteiger partial charge on any atom is 0.349 e. The molecule has 3 rings (SSSR count). The highest BCUT2D eigenvalue weighted by Crippen LogP contribution is 2.25. The van der Waals surface area contributed by atoms with Crippen molar-refractivity contribution in [3.8, 4) is 11.8 Å². The summed E-state index contributed by atoms with van der Waals surface area (Å²) in [4.78, 5) is 11.7. The van der Waals surface area contributed by atoms with E-state index in [2.05, 4.69) is 0 Å². The summed E-state index contributed by atoms with van der Waals surface area (Å²) in [5, 5.41) is 18.6. The van der Waals surface area contributed by atoms with Crippen molar-refractivity contribution in [1.82, 2.24) is 4.31 Å². The number of rotatable bonds is 8. The van der Waals surface area contributed by atoms with Gasteiger partial charge in [-0.15, -0.1) is 0 Å². The average molecular weight is 469 g/mol. The van der Waals surface area contributed by atoms with E-state index in [0.29, 0.717) is 16.7 Å². The summed E-state index contributed by atoms with van der Waals surface area (Å²) in [7, 11) is -2.41. The van der Waals surface area contributed by atoms with Gasteiger partial charge in [-0.2, -0.15) is 9.57 Å². The van der Waals surface area contributed by atoms with Crippen LogP contribution in [0.4, 0.5) is 4.39 Å². The van der Waals surface area contributed by atoms with Crippen molar-refractivity contribution in [3.63, 3.8) is 0 Å². The number of ether oxygens (including phenoxy) is 1. The first-order chi connectivity index (χ1) is 15.6. The third-order valence-electron chi connectivity index (χ3n) is 4.96. The van der Waals surface area contributed by atoms with E-state index in [0.717, 1.165) is 10.4 Å². The summed E-state index contributed by atoms with van der Waals surface area (Å²) in [5.41, 5.74) is 1.52. The summed E-state index contributed by atoms with van der Waals surface area (Å²) in [6.45, 7) is 1.54. The Morgan fingerprint density at radius 2 is 1.85 bits per heavy atom. The minimum atomic E-state index is -3.83. The zero-order chi connectivity index (χ0) is 24.2. The molecule has 0 aliphatic rings. The Morgan fingerprint density at radius 1 is 1.15 bits per heavy atom. The smallest absolute Gasteiger partial charge is 0.349 e. The van der Waals surface area contributed by atoms with E-state index in [1.807, 2.05) is 6.07 Å². The normalized spacial score (nSPS) is 12.2. The maximum absolute atomic E-state index is 13.5. The van der Waals surface area contributed by atoms with Gasteiger partial charge in [0.1, 0.15) is 11.6 Å². The molecule has 3 aromatic carbocycles. The molecule has 0 bridgehead atoms. The third kappa shape index (κ3) is 5.55. The zero-order valence-electron chi connectivity index (χ0n) is 17.9. The number of hydrogen-bond acceptors (Lipinski definition) is 5. The summed E-state index contributed by atoms with van der Waals surface area (Å²) in [5.74, 6) is -1.42. The highest BCUT2D eigenvalue weighted by molar-refractivity contribution is 7.89. The van der Waals surface area contributed by atoms with Crippen LogP contribution in [0.5, 0.6) is 5.75 Å². The Labute approximate surface area is 191 Å². The standard InChI is InChI=1S/C24H21FN2O5S/c1-16-12-21(10-11-22(16)25)33(30,31)27(2)15-17-6-8-20(9-7-17)32-23(24(28)29)19-5-3-4-18(13-19)14-26/h3-13,23H,15H2,1-2H3,(H,28,29). The molecule has 9 heteroatoms. The molecule has 1 unspecified atom stereocenters. The quantitative estimate of drug-likeness (QED) is 0.535. The average Bonchev–Trinajstić information content (AvgIpc) is 2.80. The minimum Gasteiger partial charge on any atom is -0.478 e. The van der Waals surface area contributed by atoms with E-state index in [-0.39, 0.29) is 22.8 Å². The van der Waals surface area contributed by atoms with Crippen molar-refractivity contribution in [2.45, 2.75) is 24.5 Å². The molecule has 1 N–H and O–H groups in total. The number of aliphatic carboxylic acids is 1. The van der Waals surface area contributed by atoms with Gasteiger partial charge in [-0.25, -0.2) is 17.6 Å². The lowest BCUT2D eigenvalue weighted by molar-refractivity contribution is -0.145. The first-order valence-corrected chi connectivity index (χ1v) is 11.3. The van der Waals surface area contributed by atoms with Gasteiger partial charge in [-0.1, -0.05) is 24.3 Å². The van der Waals surface area contributed by atoms with Gasteiger partial charge < -0.3 is 9.84 Å². The largest absolute Gasteiger partial charge is 0.478 e. The molecule has 0 saturated carbocycles. The summed E-state index contributed by atoms with van der Waals surface area (Å²) >= 11 is 0. The molecule has 0 aliphatic heterocycles. The minimum absolute atomic E-state index is 0.00671. The molecular weight excluding hydrogens is 447 g/mol. The Kier molecular flexibility index (Phi) is 7.11. The molecule has 0 heterocycles. The molecule has 1 atom stereocenters. The molecule has 0 aliphatic carbocycles. The van der Waals surface area contributed by atoms with E-state index in [1.54, 1.807) is 42.5 Å². The number of nitrogens with zero attached hydrogens (tertiary/aromatic N) is 2. The topological polar surface area (TPSA) is 108 Å². The van der Waals surface area contributed by atoms with Crippen LogP contribution in [-0.4, -0.2) is 30.8 Å². The van der Waals surface area contributed by atoms with Gasteiger partial charge in [-0.05, 0) is 60.5 Å². The second kappa shape index (κ2) is 9.81. The number of sulfonamides is 1. The van der Waals surface area contributed by atoms with E-state index in [9.17, 15) is 22.7 Å². The predicted molar refractivity (Wildman–Crippen MR) is 118 cm³/mol. The first-order valence-electron chi connectivity index (χ1n) is 9.83. The molecule has 0 fully saturated rings.